The molecule has 16 heavy (non-hydrogen) atoms. The Balaban J connectivity index is 3.19. The van der Waals surface area contributed by atoms with Crippen molar-refractivity contribution in [3.05, 3.63) is 33.8 Å². The van der Waals surface area contributed by atoms with E-state index >= 15 is 0 Å². The maximum Gasteiger partial charge on any atom is 0.143 e. The van der Waals surface area contributed by atoms with Crippen molar-refractivity contribution in [2.24, 2.45) is 10.8 Å². The lowest BCUT2D eigenvalue weighted by molar-refractivity contribution is 0.580. The van der Waals surface area contributed by atoms with Crippen molar-refractivity contribution >= 4 is 29.0 Å². The summed E-state index contributed by atoms with van der Waals surface area (Å²) in [7, 11) is 0. The molecule has 0 fully saturated rings. The summed E-state index contributed by atoms with van der Waals surface area (Å²) in [6, 6.07) is 5.19. The van der Waals surface area contributed by atoms with Crippen LogP contribution in [0.5, 0.6) is 0 Å². The average molecular weight is 260 g/mol. The second-order valence-electron chi connectivity index (χ2n) is 4.43. The van der Waals surface area contributed by atoms with E-state index in [9.17, 15) is 0 Å². The van der Waals surface area contributed by atoms with Crippen LogP contribution in [-0.2, 0) is 0 Å². The largest absolute Gasteiger partial charge is 0.308 e. The second-order valence-corrected chi connectivity index (χ2v) is 5.31. The summed E-state index contributed by atoms with van der Waals surface area (Å²) in [6.45, 7) is 5.95. The van der Waals surface area contributed by atoms with Gasteiger partial charge in [-0.05, 0) is 39.0 Å². The number of aliphatic imine (C=N–C) groups is 1. The van der Waals surface area contributed by atoms with Crippen molar-refractivity contribution in [1.82, 2.24) is 5.43 Å². The molecule has 0 aliphatic heterocycles. The summed E-state index contributed by atoms with van der Waals surface area (Å²) in [6.07, 6.45) is 0. The molecule has 0 aliphatic rings. The molecule has 1 rings (SSSR count). The van der Waals surface area contributed by atoms with Gasteiger partial charge in [-0.15, -0.1) is 0 Å². The SMILES string of the molecule is CC(C)(C)N=C(NN)c1cc(Cl)cc(Cl)c1. The van der Waals surface area contributed by atoms with Gasteiger partial charge >= 0.3 is 0 Å². The zero-order chi connectivity index (χ0) is 12.3. The molecule has 0 saturated heterocycles. The molecule has 3 N–H and O–H groups in total. The Hall–Kier alpha value is -0.770. The molecule has 0 amide bonds. The molecule has 0 aliphatic carbocycles. The van der Waals surface area contributed by atoms with E-state index in [1.165, 1.54) is 0 Å². The molecule has 1 aromatic rings. The molecule has 0 radical (unpaired) electrons. The van der Waals surface area contributed by atoms with Gasteiger partial charge in [0.15, 0.2) is 0 Å². The van der Waals surface area contributed by atoms with Gasteiger partial charge in [-0.25, -0.2) is 5.84 Å². The quantitative estimate of drug-likeness (QED) is 0.353. The van der Waals surface area contributed by atoms with E-state index in [1.807, 2.05) is 20.8 Å². The standard InChI is InChI=1S/C11H15Cl2N3/c1-11(2,3)15-10(16-14)7-4-8(12)6-9(13)5-7/h4-6H,14H2,1-3H3,(H,15,16). The molecule has 0 atom stereocenters. The fraction of sp³-hybridized carbons (Fsp3) is 0.364. The Bertz CT molecular complexity index is 388. The second kappa shape index (κ2) is 5.04. The third-order valence-electron chi connectivity index (χ3n) is 1.72. The third kappa shape index (κ3) is 4.00. The summed E-state index contributed by atoms with van der Waals surface area (Å²) in [5.74, 6) is 6.01. The van der Waals surface area contributed by atoms with Gasteiger partial charge in [0.05, 0.1) is 5.54 Å². The first-order valence-electron chi connectivity index (χ1n) is 4.85. The Morgan fingerprint density at radius 3 is 2.06 bits per heavy atom. The van der Waals surface area contributed by atoms with Crippen LogP contribution < -0.4 is 11.3 Å². The number of benzene rings is 1. The summed E-state index contributed by atoms with van der Waals surface area (Å²) in [5, 5.41) is 1.11. The number of halogens is 2. The van der Waals surface area contributed by atoms with Gasteiger partial charge in [0.1, 0.15) is 5.84 Å². The maximum absolute atomic E-state index is 5.91. The number of rotatable bonds is 1. The van der Waals surface area contributed by atoms with Gasteiger partial charge in [0.25, 0.3) is 0 Å². The van der Waals surface area contributed by atoms with Crippen LogP contribution in [-0.4, -0.2) is 11.4 Å². The van der Waals surface area contributed by atoms with Crippen LogP contribution in [0.1, 0.15) is 26.3 Å². The van der Waals surface area contributed by atoms with Crippen molar-refractivity contribution < 1.29 is 0 Å². The number of nitrogens with zero attached hydrogens (tertiary/aromatic N) is 1. The minimum Gasteiger partial charge on any atom is -0.308 e. The van der Waals surface area contributed by atoms with Crippen molar-refractivity contribution in [2.45, 2.75) is 26.3 Å². The molecule has 0 saturated carbocycles. The fourth-order valence-electron chi connectivity index (χ4n) is 1.21. The lowest BCUT2D eigenvalue weighted by Crippen LogP contribution is -2.33. The summed E-state index contributed by atoms with van der Waals surface area (Å²) in [5.41, 5.74) is 3.11. The van der Waals surface area contributed by atoms with E-state index in [1.54, 1.807) is 18.2 Å². The van der Waals surface area contributed by atoms with Gasteiger partial charge in [0, 0.05) is 15.6 Å². The monoisotopic (exact) mass is 259 g/mol. The topological polar surface area (TPSA) is 50.4 Å². The van der Waals surface area contributed by atoms with E-state index in [0.29, 0.717) is 15.9 Å². The molecule has 3 nitrogen and oxygen atoms in total. The average Bonchev–Trinajstić information content (AvgIpc) is 2.11. The molecule has 5 heteroatoms. The molecule has 0 aromatic heterocycles. The van der Waals surface area contributed by atoms with Crippen molar-refractivity contribution in [2.75, 3.05) is 0 Å². The summed E-state index contributed by atoms with van der Waals surface area (Å²) >= 11 is 11.8. The number of hydrazine groups is 1. The highest BCUT2D eigenvalue weighted by Gasteiger charge is 2.11. The van der Waals surface area contributed by atoms with Crippen molar-refractivity contribution in [1.29, 1.82) is 0 Å². The molecular formula is C11H15Cl2N3. The molecule has 0 heterocycles. The summed E-state index contributed by atoms with van der Waals surface area (Å²) in [4.78, 5) is 4.44. The van der Waals surface area contributed by atoms with Crippen LogP contribution in [0.25, 0.3) is 0 Å². The van der Waals surface area contributed by atoms with Gasteiger partial charge in [-0.3, -0.25) is 4.99 Å². The van der Waals surface area contributed by atoms with Crippen molar-refractivity contribution in [3.8, 4) is 0 Å². The predicted molar refractivity (Wildman–Crippen MR) is 70.1 cm³/mol. The minimum atomic E-state index is -0.226. The first-order chi connectivity index (χ1) is 7.31. The molecule has 0 bridgehead atoms. The molecule has 88 valence electrons. The number of nitrogens with one attached hydrogen (secondary N) is 1. The van der Waals surface area contributed by atoms with E-state index in [-0.39, 0.29) is 5.54 Å². The van der Waals surface area contributed by atoms with Crippen LogP contribution in [0.2, 0.25) is 10.0 Å². The van der Waals surface area contributed by atoms with Crippen LogP contribution in [0.3, 0.4) is 0 Å². The molecular weight excluding hydrogens is 245 g/mol. The Kier molecular flexibility index (Phi) is 4.19. The van der Waals surface area contributed by atoms with E-state index in [4.69, 9.17) is 29.0 Å². The first-order valence-corrected chi connectivity index (χ1v) is 5.60. The predicted octanol–water partition coefficient (Wildman–Crippen LogP) is 3.00. The van der Waals surface area contributed by atoms with Crippen LogP contribution in [0, 0.1) is 0 Å². The van der Waals surface area contributed by atoms with E-state index < -0.39 is 0 Å². The fourth-order valence-corrected chi connectivity index (χ4v) is 1.73. The zero-order valence-corrected chi connectivity index (χ0v) is 11.0. The number of hydrogen-bond acceptors (Lipinski definition) is 2. The number of amidine groups is 1. The first kappa shape index (κ1) is 13.3. The molecule has 0 spiro atoms. The van der Waals surface area contributed by atoms with Crippen LogP contribution in [0.4, 0.5) is 0 Å². The molecule has 1 aromatic carbocycles. The number of nitrogens with two attached hydrogens (primary N) is 1. The Morgan fingerprint density at radius 1 is 1.19 bits per heavy atom. The highest BCUT2D eigenvalue weighted by atomic mass is 35.5. The smallest absolute Gasteiger partial charge is 0.143 e. The summed E-state index contributed by atoms with van der Waals surface area (Å²) < 4.78 is 0. The Labute approximate surface area is 106 Å². The molecule has 0 unspecified atom stereocenters. The maximum atomic E-state index is 5.91. The lowest BCUT2D eigenvalue weighted by atomic mass is 10.1. The van der Waals surface area contributed by atoms with Crippen LogP contribution >= 0.6 is 23.2 Å². The van der Waals surface area contributed by atoms with Crippen molar-refractivity contribution in [3.63, 3.8) is 0 Å². The van der Waals surface area contributed by atoms with Gasteiger partial charge in [-0.1, -0.05) is 23.2 Å². The third-order valence-corrected chi connectivity index (χ3v) is 2.16. The number of hydrogen-bond donors (Lipinski definition) is 2. The van der Waals surface area contributed by atoms with E-state index in [2.05, 4.69) is 10.4 Å². The van der Waals surface area contributed by atoms with E-state index in [0.717, 1.165) is 5.56 Å². The normalized spacial score (nSPS) is 12.8. The lowest BCUT2D eigenvalue weighted by Gasteiger charge is -2.16. The zero-order valence-electron chi connectivity index (χ0n) is 9.51. The Morgan fingerprint density at radius 2 is 1.69 bits per heavy atom. The van der Waals surface area contributed by atoms with Gasteiger partial charge in [0.2, 0.25) is 0 Å². The van der Waals surface area contributed by atoms with Gasteiger partial charge < -0.3 is 5.43 Å². The highest BCUT2D eigenvalue weighted by molar-refractivity contribution is 6.35. The van der Waals surface area contributed by atoms with Crippen LogP contribution in [0.15, 0.2) is 23.2 Å². The van der Waals surface area contributed by atoms with Gasteiger partial charge in [-0.2, -0.15) is 0 Å². The highest BCUT2D eigenvalue weighted by Crippen LogP contribution is 2.20. The minimum absolute atomic E-state index is 0.226.